The van der Waals surface area contributed by atoms with Crippen molar-refractivity contribution in [3.8, 4) is 34.4 Å². The summed E-state index contributed by atoms with van der Waals surface area (Å²) in [6, 6.07) is 15.7. The SMILES string of the molecule is COc1cccc(-c2c(C#N)c(SCC(=O)NCc3ccc4c(c3)OCO4)nc3c2CN(C)CC3)c1. The monoisotopic (exact) mass is 502 g/mol. The van der Waals surface area contributed by atoms with Gasteiger partial charge in [0, 0.05) is 37.3 Å². The van der Waals surface area contributed by atoms with Crippen LogP contribution < -0.4 is 19.5 Å². The van der Waals surface area contributed by atoms with Gasteiger partial charge in [0.25, 0.3) is 0 Å². The topological polar surface area (TPSA) is 96.7 Å². The molecule has 1 amide bonds. The van der Waals surface area contributed by atoms with Crippen molar-refractivity contribution in [1.82, 2.24) is 15.2 Å². The first-order chi connectivity index (χ1) is 17.6. The first-order valence-corrected chi connectivity index (χ1v) is 12.6. The van der Waals surface area contributed by atoms with E-state index in [9.17, 15) is 10.1 Å². The van der Waals surface area contributed by atoms with E-state index in [-0.39, 0.29) is 18.5 Å². The molecule has 0 aliphatic carbocycles. The van der Waals surface area contributed by atoms with E-state index in [1.165, 1.54) is 11.8 Å². The average Bonchev–Trinajstić information content (AvgIpc) is 3.38. The molecule has 1 aromatic heterocycles. The van der Waals surface area contributed by atoms with Gasteiger partial charge in [-0.3, -0.25) is 4.79 Å². The van der Waals surface area contributed by atoms with Crippen molar-refractivity contribution in [1.29, 1.82) is 5.26 Å². The van der Waals surface area contributed by atoms with Crippen LogP contribution in [0.1, 0.15) is 22.4 Å². The van der Waals surface area contributed by atoms with Crippen LogP contribution in [0.3, 0.4) is 0 Å². The van der Waals surface area contributed by atoms with Gasteiger partial charge in [0.1, 0.15) is 16.8 Å². The Morgan fingerprint density at radius 1 is 1.25 bits per heavy atom. The summed E-state index contributed by atoms with van der Waals surface area (Å²) in [6.45, 7) is 2.19. The number of ether oxygens (including phenoxy) is 3. The Labute approximate surface area is 214 Å². The van der Waals surface area contributed by atoms with E-state index < -0.39 is 0 Å². The number of hydrogen-bond donors (Lipinski definition) is 1. The molecular formula is C27H26N4O4S. The van der Waals surface area contributed by atoms with Gasteiger partial charge >= 0.3 is 0 Å². The number of benzene rings is 2. The molecule has 5 rings (SSSR count). The number of rotatable bonds is 7. The zero-order valence-electron chi connectivity index (χ0n) is 20.2. The number of aromatic nitrogens is 1. The molecule has 9 heteroatoms. The van der Waals surface area contributed by atoms with Crippen LogP contribution in [0.2, 0.25) is 0 Å². The molecule has 0 bridgehead atoms. The van der Waals surface area contributed by atoms with Gasteiger partial charge in [-0.1, -0.05) is 30.0 Å². The molecule has 184 valence electrons. The fourth-order valence-corrected chi connectivity index (χ4v) is 5.25. The predicted molar refractivity (Wildman–Crippen MR) is 136 cm³/mol. The third kappa shape index (κ3) is 4.96. The summed E-state index contributed by atoms with van der Waals surface area (Å²) in [5.74, 6) is 2.14. The van der Waals surface area contributed by atoms with E-state index in [4.69, 9.17) is 19.2 Å². The van der Waals surface area contributed by atoms with E-state index in [1.54, 1.807) is 7.11 Å². The Bertz CT molecular complexity index is 1350. The van der Waals surface area contributed by atoms with Crippen molar-refractivity contribution >= 4 is 17.7 Å². The minimum atomic E-state index is -0.135. The van der Waals surface area contributed by atoms with E-state index >= 15 is 0 Å². The minimum absolute atomic E-state index is 0.135. The largest absolute Gasteiger partial charge is 0.497 e. The molecule has 8 nitrogen and oxygen atoms in total. The number of carbonyl (C=O) groups excluding carboxylic acids is 1. The molecule has 1 N–H and O–H groups in total. The summed E-state index contributed by atoms with van der Waals surface area (Å²) in [7, 11) is 3.70. The van der Waals surface area contributed by atoms with Gasteiger partial charge in [0.15, 0.2) is 11.5 Å². The first-order valence-electron chi connectivity index (χ1n) is 11.6. The van der Waals surface area contributed by atoms with Crippen molar-refractivity contribution < 1.29 is 19.0 Å². The number of likely N-dealkylation sites (N-methyl/N-ethyl adjacent to an activating group) is 1. The number of nitrogens with zero attached hydrogens (tertiary/aromatic N) is 3. The molecule has 3 heterocycles. The summed E-state index contributed by atoms with van der Waals surface area (Å²) >= 11 is 1.29. The lowest BCUT2D eigenvalue weighted by Crippen LogP contribution is -2.28. The van der Waals surface area contributed by atoms with Crippen LogP contribution in [0.25, 0.3) is 11.1 Å². The minimum Gasteiger partial charge on any atom is -0.497 e. The van der Waals surface area contributed by atoms with Crippen LogP contribution in [-0.2, 0) is 24.3 Å². The standard InChI is InChI=1S/C27H26N4O4S/c1-31-9-8-22-21(14-31)26(18-4-3-5-19(11-18)33-2)20(12-28)27(30-22)36-15-25(32)29-13-17-6-7-23-24(10-17)35-16-34-23/h3-7,10-11H,8-9,13-16H2,1-2H3,(H,29,32). The second-order valence-electron chi connectivity index (χ2n) is 8.68. The van der Waals surface area contributed by atoms with E-state index in [2.05, 4.69) is 23.3 Å². The quantitative estimate of drug-likeness (QED) is 0.488. The first kappa shape index (κ1) is 24.0. The van der Waals surface area contributed by atoms with Crippen molar-refractivity contribution in [2.24, 2.45) is 0 Å². The third-order valence-electron chi connectivity index (χ3n) is 6.25. The number of methoxy groups -OCH3 is 1. The van der Waals surface area contributed by atoms with Crippen LogP contribution in [0.15, 0.2) is 47.5 Å². The fourth-order valence-electron chi connectivity index (χ4n) is 4.41. The van der Waals surface area contributed by atoms with Gasteiger partial charge in [-0.2, -0.15) is 5.26 Å². The van der Waals surface area contributed by atoms with E-state index in [0.717, 1.165) is 46.7 Å². The number of pyridine rings is 1. The molecule has 0 spiro atoms. The normalized spacial score (nSPS) is 14.1. The molecule has 2 aliphatic heterocycles. The van der Waals surface area contributed by atoms with Crippen LogP contribution >= 0.6 is 11.8 Å². The lowest BCUT2D eigenvalue weighted by Gasteiger charge is -2.28. The number of fused-ring (bicyclic) bond motifs is 2. The summed E-state index contributed by atoms with van der Waals surface area (Å²) in [4.78, 5) is 19.7. The van der Waals surface area contributed by atoms with Gasteiger partial charge in [0.05, 0.1) is 18.4 Å². The van der Waals surface area contributed by atoms with Crippen molar-refractivity contribution in [3.05, 3.63) is 64.8 Å². The predicted octanol–water partition coefficient (Wildman–Crippen LogP) is 3.75. The molecule has 0 unspecified atom stereocenters. The molecule has 0 fully saturated rings. The molecule has 0 radical (unpaired) electrons. The molecule has 2 aromatic carbocycles. The molecule has 3 aromatic rings. The fraction of sp³-hybridized carbons (Fsp3) is 0.296. The zero-order chi connectivity index (χ0) is 25.1. The van der Waals surface area contributed by atoms with Gasteiger partial charge in [-0.15, -0.1) is 0 Å². The smallest absolute Gasteiger partial charge is 0.231 e. The maximum absolute atomic E-state index is 12.7. The highest BCUT2D eigenvalue weighted by molar-refractivity contribution is 8.00. The van der Waals surface area contributed by atoms with Crippen LogP contribution in [0.4, 0.5) is 0 Å². The molecular weight excluding hydrogens is 476 g/mol. The van der Waals surface area contributed by atoms with Crippen molar-refractivity contribution in [2.75, 3.05) is 33.2 Å². The van der Waals surface area contributed by atoms with Gasteiger partial charge in [0.2, 0.25) is 12.7 Å². The molecule has 36 heavy (non-hydrogen) atoms. The van der Waals surface area contributed by atoms with Gasteiger partial charge < -0.3 is 24.4 Å². The maximum atomic E-state index is 12.7. The zero-order valence-corrected chi connectivity index (χ0v) is 21.0. The van der Waals surface area contributed by atoms with Gasteiger partial charge in [-0.25, -0.2) is 4.98 Å². The highest BCUT2D eigenvalue weighted by atomic mass is 32.2. The highest BCUT2D eigenvalue weighted by Gasteiger charge is 2.25. The Hall–Kier alpha value is -3.74. The molecule has 0 saturated carbocycles. The summed E-state index contributed by atoms with van der Waals surface area (Å²) in [5, 5.41) is 13.7. The van der Waals surface area contributed by atoms with E-state index in [0.29, 0.717) is 35.2 Å². The van der Waals surface area contributed by atoms with Crippen LogP contribution in [-0.4, -0.2) is 49.0 Å². The number of nitrogens with one attached hydrogen (secondary N) is 1. The van der Waals surface area contributed by atoms with Crippen molar-refractivity contribution in [2.45, 2.75) is 24.5 Å². The maximum Gasteiger partial charge on any atom is 0.231 e. The molecule has 0 saturated heterocycles. The lowest BCUT2D eigenvalue weighted by atomic mass is 9.91. The number of thioether (sulfide) groups is 1. The molecule has 2 aliphatic rings. The second kappa shape index (κ2) is 10.5. The molecule has 0 atom stereocenters. The summed E-state index contributed by atoms with van der Waals surface area (Å²) in [5.41, 5.74) is 5.24. The Kier molecular flexibility index (Phi) is 6.98. The Morgan fingerprint density at radius 3 is 2.94 bits per heavy atom. The van der Waals surface area contributed by atoms with Crippen molar-refractivity contribution in [3.63, 3.8) is 0 Å². The Morgan fingerprint density at radius 2 is 2.11 bits per heavy atom. The summed E-state index contributed by atoms with van der Waals surface area (Å²) in [6.07, 6.45) is 0.790. The average molecular weight is 503 g/mol. The number of amides is 1. The van der Waals surface area contributed by atoms with E-state index in [1.807, 2.05) is 42.5 Å². The number of hydrogen-bond acceptors (Lipinski definition) is 8. The number of nitriles is 1. The highest BCUT2D eigenvalue weighted by Crippen LogP contribution is 2.38. The second-order valence-corrected chi connectivity index (χ2v) is 9.64. The number of carbonyl (C=O) groups is 1. The lowest BCUT2D eigenvalue weighted by molar-refractivity contribution is -0.118. The summed E-state index contributed by atoms with van der Waals surface area (Å²) < 4.78 is 16.2. The van der Waals surface area contributed by atoms with Crippen LogP contribution in [0.5, 0.6) is 17.2 Å². The third-order valence-corrected chi connectivity index (χ3v) is 7.22. The Balaban J connectivity index is 1.37. The van der Waals surface area contributed by atoms with Crippen LogP contribution in [0, 0.1) is 11.3 Å². The van der Waals surface area contributed by atoms with Gasteiger partial charge in [-0.05, 0) is 48.0 Å².